The van der Waals surface area contributed by atoms with E-state index >= 15 is 4.39 Å². The molecule has 7 aromatic carbocycles. The highest BCUT2D eigenvalue weighted by atomic mass is 35.5. The number of nitro benzene ring substituents is 3. The first kappa shape index (κ1) is 91.0. The first-order valence-corrected chi connectivity index (χ1v) is 34.8. The zero-order valence-electron chi connectivity index (χ0n) is 63.6. The van der Waals surface area contributed by atoms with E-state index in [1.165, 1.54) is 49.6 Å². The number of methoxy groups -OCH3 is 4. The van der Waals surface area contributed by atoms with E-state index in [1.54, 1.807) is 75.2 Å². The molecule has 3 saturated heterocycles. The second-order valence-corrected chi connectivity index (χ2v) is 25.0. The maximum atomic E-state index is 15.2. The molecule has 0 aliphatic carbocycles. The Balaban J connectivity index is 0.000000250. The van der Waals surface area contributed by atoms with Crippen molar-refractivity contribution in [3.63, 3.8) is 0 Å². The lowest BCUT2D eigenvalue weighted by Gasteiger charge is -2.23. The first-order valence-electron chi connectivity index (χ1n) is 34.8. The number of rotatable bonds is 28. The highest BCUT2D eigenvalue weighted by Gasteiger charge is 2.24. The summed E-state index contributed by atoms with van der Waals surface area (Å²) in [5, 5.41) is 35.6. The van der Waals surface area contributed by atoms with Crippen molar-refractivity contribution in [2.75, 3.05) is 141 Å². The Morgan fingerprint density at radius 1 is 0.579 bits per heavy atom. The molecule has 1 aromatic heterocycles. The van der Waals surface area contributed by atoms with Gasteiger partial charge in [-0.3, -0.25) is 30.3 Å². The number of benzene rings is 7. The number of non-ortho nitro benzene ring substituents is 3. The van der Waals surface area contributed by atoms with Crippen molar-refractivity contribution in [2.45, 2.75) is 31.4 Å². The van der Waals surface area contributed by atoms with Crippen LogP contribution in [0, 0.1) is 60.9 Å². The smallest absolute Gasteiger partial charge is 0.272 e. The van der Waals surface area contributed by atoms with Crippen molar-refractivity contribution < 1.29 is 107 Å². The summed E-state index contributed by atoms with van der Waals surface area (Å²) in [6.07, 6.45) is 8.29. The summed E-state index contributed by atoms with van der Waals surface area (Å²) in [4.78, 5) is 43.2. The second kappa shape index (κ2) is 46.8. The normalized spacial score (nSPS) is 15.1. The number of hydrogen-bond donors (Lipinski definition) is 1. The van der Waals surface area contributed by atoms with Crippen LogP contribution in [0.4, 0.5) is 36.1 Å². The number of anilines is 1. The predicted octanol–water partition coefficient (Wildman–Crippen LogP) is 11.7. The molecule has 3 aliphatic rings. The fourth-order valence-electron chi connectivity index (χ4n) is 11.0. The van der Waals surface area contributed by atoms with Gasteiger partial charge < -0.3 is 89.0 Å². The summed E-state index contributed by atoms with van der Waals surface area (Å²) < 4.78 is 117. The van der Waals surface area contributed by atoms with Gasteiger partial charge in [-0.05, 0) is 88.5 Å². The molecule has 3 aliphatic heterocycles. The molecule has 0 bridgehead atoms. The molecule has 11 rings (SSSR count). The zero-order chi connectivity index (χ0) is 80.5. The van der Waals surface area contributed by atoms with Crippen molar-refractivity contribution in [3.8, 4) is 56.8 Å². The SMILES string of the molecule is COC=C(C=[N+](C)C)c1ccc(OC[C@H]2COCCO2)c(OC)c1.COc1cc(-c2cnc(NCc3ccccc3)c(-c3ccc([N+](=O)[O-])cc3F)c2)ccc1OC[C@H]1COCCO1.Cl.[C-]#[N+]/C(=C\C(=CN(C)C)c1ccc(OC[C@H]2COCCO2)c(OC)c1)c1ccc([N+](=O)[O-])cc1F.[C-]#[N+]Cc1ccc([N+](=O)[O-])cc1F.[Cl-]. The van der Waals surface area contributed by atoms with E-state index in [4.69, 9.17) is 74.7 Å². The number of nitrogens with one attached hydrogen (secondary N) is 1. The minimum Gasteiger partial charge on any atom is -1.00 e. The molecular formula is C81H86Cl2F3N9O19. The lowest BCUT2D eigenvalue weighted by molar-refractivity contribution is -0.458. The highest BCUT2D eigenvalue weighted by molar-refractivity contribution is 6.07. The molecule has 0 saturated carbocycles. The Hall–Kier alpha value is -11.9. The molecule has 3 atom stereocenters. The van der Waals surface area contributed by atoms with Crippen molar-refractivity contribution in [3.05, 3.63) is 269 Å². The van der Waals surface area contributed by atoms with E-state index in [9.17, 15) is 39.1 Å². The van der Waals surface area contributed by atoms with Gasteiger partial charge in [0.05, 0.1) is 145 Å². The summed E-state index contributed by atoms with van der Waals surface area (Å²) >= 11 is 0. The number of pyridine rings is 1. The lowest BCUT2D eigenvalue weighted by atomic mass is 9.99. The van der Waals surface area contributed by atoms with Crippen LogP contribution in [0.25, 0.3) is 48.8 Å². The standard InChI is InChI=1S/C30H28FN3O6.C25H26FN3O6.C18H26NO5.C8H5FN2O2.2ClH/c1-37-29-14-21(7-10-28(29)40-19-24-18-38-11-12-39-24)22-13-26(25-9-8-23(34(35)36)15-27(25)31)30(33-17-22)32-16-20-5-3-2-4-6-20;1-27-23(21-7-6-19(29(30)31)13-22(21)26)11-18(14-28(2)3)17-5-8-24(25(12-17)32-4)35-16-20-15-33-9-10-34-20;1-19(2)10-15(11-20-3)14-5-6-17(18(9-14)21-4)24-13-16-12-22-7-8-23-16;1-10-5-6-2-3-7(11(12)13)4-8(6)9;;/h2-10,13-15,17,24H,11-12,16,18-19H2,1H3,(H,32,33);5-8,11-14,20H,9-10,15-16H2,2-4H3;5-6,9-11,16H,7-8,12-13H2,1-4H3;2-4H,5H2;2*1H/q;;+1;;;/p-1/b;18-14?,23-11-;;;;/t24-;20-;16-;;;/m111.../s1. The molecule has 8 aromatic rings. The van der Waals surface area contributed by atoms with Crippen LogP contribution in [0.1, 0.15) is 27.8 Å². The fraction of sp³-hybridized carbons (Fsp3) is 0.309. The van der Waals surface area contributed by atoms with Crippen molar-refractivity contribution in [2.24, 2.45) is 0 Å². The summed E-state index contributed by atoms with van der Waals surface area (Å²) in [7, 11) is 13.9. The van der Waals surface area contributed by atoms with Crippen LogP contribution in [0.3, 0.4) is 0 Å². The van der Waals surface area contributed by atoms with E-state index < -0.39 is 32.2 Å². The number of allylic oxidation sites excluding steroid dienone is 3. The minimum atomic E-state index is -0.846. The van der Waals surface area contributed by atoms with Crippen molar-refractivity contribution >= 4 is 58.3 Å². The Morgan fingerprint density at radius 3 is 1.52 bits per heavy atom. The third kappa shape index (κ3) is 27.5. The quantitative estimate of drug-likeness (QED) is 0.00906. The maximum Gasteiger partial charge on any atom is 0.272 e. The number of nitrogens with zero attached hydrogens (tertiary/aromatic N) is 8. The fourth-order valence-corrected chi connectivity index (χ4v) is 11.0. The number of aromatic nitrogens is 1. The van der Waals surface area contributed by atoms with Gasteiger partial charge in [-0.25, -0.2) is 34.1 Å². The van der Waals surface area contributed by atoms with Gasteiger partial charge in [0, 0.05) is 73.5 Å². The average molecular weight is 1620 g/mol. The van der Waals surface area contributed by atoms with Crippen LogP contribution in [0.5, 0.6) is 34.5 Å². The summed E-state index contributed by atoms with van der Waals surface area (Å²) in [5.41, 5.74) is 5.52. The summed E-state index contributed by atoms with van der Waals surface area (Å²) in [6.45, 7) is 20.4. The Bertz CT molecular complexity index is 4740. The molecule has 33 heteroatoms. The molecule has 0 unspecified atom stereocenters. The number of hydrogen-bond acceptors (Lipinski definition) is 22. The highest BCUT2D eigenvalue weighted by Crippen LogP contribution is 2.39. The van der Waals surface area contributed by atoms with Crippen LogP contribution < -0.4 is 46.1 Å². The second-order valence-electron chi connectivity index (χ2n) is 25.0. The van der Waals surface area contributed by atoms with E-state index in [-0.39, 0.29) is 89.1 Å². The van der Waals surface area contributed by atoms with Crippen LogP contribution in [-0.2, 0) is 46.2 Å². The molecule has 0 spiro atoms. The molecule has 1 N–H and O–H groups in total. The minimum absolute atomic E-state index is 0. The molecule has 0 amide bonds. The average Bonchev–Trinajstić information content (AvgIpc) is 0.790. The van der Waals surface area contributed by atoms with E-state index in [0.717, 1.165) is 40.5 Å². The maximum absolute atomic E-state index is 15.2. The van der Waals surface area contributed by atoms with E-state index in [0.29, 0.717) is 148 Å². The van der Waals surface area contributed by atoms with Gasteiger partial charge in [-0.2, -0.15) is 0 Å². The lowest BCUT2D eigenvalue weighted by Crippen LogP contribution is -3.00. The largest absolute Gasteiger partial charge is 1.00 e. The van der Waals surface area contributed by atoms with Gasteiger partial charge in [0.2, 0.25) is 6.54 Å². The topological polar surface area (TPSA) is 289 Å². The first-order chi connectivity index (χ1) is 54.1. The van der Waals surface area contributed by atoms with Gasteiger partial charge >= 0.3 is 0 Å². The van der Waals surface area contributed by atoms with Gasteiger partial charge in [0.25, 0.3) is 17.1 Å². The molecule has 114 heavy (non-hydrogen) atoms. The van der Waals surface area contributed by atoms with Gasteiger partial charge in [-0.1, -0.05) is 54.6 Å². The number of nitro groups is 3. The molecule has 604 valence electrons. The predicted molar refractivity (Wildman–Crippen MR) is 419 cm³/mol. The number of ether oxygens (including phenoxy) is 13. The van der Waals surface area contributed by atoms with Crippen molar-refractivity contribution in [1.29, 1.82) is 0 Å². The van der Waals surface area contributed by atoms with Crippen LogP contribution in [0.15, 0.2) is 170 Å². The third-order valence-corrected chi connectivity index (χ3v) is 16.5. The van der Waals surface area contributed by atoms with Crippen LogP contribution in [-0.4, -0.2) is 190 Å². The van der Waals surface area contributed by atoms with Gasteiger partial charge in [0.1, 0.15) is 75.5 Å². The molecule has 3 fully saturated rings. The monoisotopic (exact) mass is 1620 g/mol. The van der Waals surface area contributed by atoms with E-state index in [2.05, 4.69) is 20.0 Å². The van der Waals surface area contributed by atoms with Crippen LogP contribution in [0.2, 0.25) is 0 Å². The van der Waals surface area contributed by atoms with Crippen molar-refractivity contribution in [1.82, 2.24) is 9.88 Å². The molecule has 4 heterocycles. The molecule has 28 nitrogen and oxygen atoms in total. The Morgan fingerprint density at radius 2 is 1.07 bits per heavy atom. The Kier molecular flexibility index (Phi) is 37.4. The molecule has 0 radical (unpaired) electrons. The summed E-state index contributed by atoms with van der Waals surface area (Å²) in [6, 6.07) is 38.2. The third-order valence-electron chi connectivity index (χ3n) is 16.5. The Labute approximate surface area is 669 Å². The zero-order valence-corrected chi connectivity index (χ0v) is 65.2. The molecular weight excluding hydrogens is 1530 g/mol. The van der Waals surface area contributed by atoms with Crippen LogP contribution >= 0.6 is 12.4 Å². The number of halogens is 5. The van der Waals surface area contributed by atoms with E-state index in [1.807, 2.05) is 99.6 Å². The van der Waals surface area contributed by atoms with Gasteiger partial charge in [0.15, 0.2) is 46.4 Å². The van der Waals surface area contributed by atoms with Gasteiger partial charge in [-0.15, -0.1) is 12.4 Å². The summed E-state index contributed by atoms with van der Waals surface area (Å²) in [5.74, 6) is 1.59.